The number of aryl methyl sites for hydroxylation is 1. The molecular weight excluding hydrogens is 378 g/mol. The molecule has 6 nitrogen and oxygen atoms in total. The Morgan fingerprint density at radius 1 is 1.13 bits per heavy atom. The molecule has 1 amide bonds. The Bertz CT molecular complexity index is 1030. The molecule has 1 fully saturated rings. The molecule has 2 aromatic carbocycles. The van der Waals surface area contributed by atoms with E-state index in [0.29, 0.717) is 25.6 Å². The summed E-state index contributed by atoms with van der Waals surface area (Å²) in [5.74, 6) is 2.82. The average Bonchev–Trinajstić information content (AvgIpc) is 3.49. The number of hydrogen-bond donors (Lipinski definition) is 0. The van der Waals surface area contributed by atoms with Crippen molar-refractivity contribution in [2.75, 3.05) is 13.2 Å². The van der Waals surface area contributed by atoms with Gasteiger partial charge in [0.15, 0.2) is 17.6 Å². The van der Waals surface area contributed by atoms with Crippen molar-refractivity contribution in [2.24, 2.45) is 13.0 Å². The Morgan fingerprint density at radius 2 is 1.90 bits per heavy atom. The molecule has 0 bridgehead atoms. The smallest absolute Gasteiger partial charge is 0.226 e. The van der Waals surface area contributed by atoms with Crippen LogP contribution in [0, 0.1) is 5.92 Å². The lowest BCUT2D eigenvalue weighted by molar-refractivity contribution is -0.135. The summed E-state index contributed by atoms with van der Waals surface area (Å²) >= 11 is 0. The van der Waals surface area contributed by atoms with Crippen LogP contribution in [0.25, 0.3) is 0 Å². The minimum Gasteiger partial charge on any atom is -0.486 e. The number of rotatable bonds is 6. The summed E-state index contributed by atoms with van der Waals surface area (Å²) in [6.45, 7) is 1.36. The van der Waals surface area contributed by atoms with E-state index in [0.717, 1.165) is 23.7 Å². The van der Waals surface area contributed by atoms with Crippen LogP contribution in [0.3, 0.4) is 0 Å². The van der Waals surface area contributed by atoms with Crippen LogP contribution in [0.5, 0.6) is 11.5 Å². The number of amides is 1. The lowest BCUT2D eigenvalue weighted by Gasteiger charge is -2.31. The van der Waals surface area contributed by atoms with E-state index in [1.807, 2.05) is 65.2 Å². The second kappa shape index (κ2) is 7.86. The molecule has 1 aliphatic heterocycles. The van der Waals surface area contributed by atoms with Gasteiger partial charge in [0.2, 0.25) is 5.91 Å². The summed E-state index contributed by atoms with van der Waals surface area (Å²) in [4.78, 5) is 19.7. The Labute approximate surface area is 176 Å². The zero-order chi connectivity index (χ0) is 20.5. The first-order valence-corrected chi connectivity index (χ1v) is 10.4. The molecule has 3 atom stereocenters. The van der Waals surface area contributed by atoms with Crippen LogP contribution in [0.2, 0.25) is 0 Å². The number of aromatic nitrogens is 2. The highest BCUT2D eigenvalue weighted by molar-refractivity contribution is 5.83. The van der Waals surface area contributed by atoms with Crippen molar-refractivity contribution in [3.05, 3.63) is 78.4 Å². The van der Waals surface area contributed by atoms with Gasteiger partial charge in [-0.1, -0.05) is 42.5 Å². The monoisotopic (exact) mass is 403 g/mol. The van der Waals surface area contributed by atoms with E-state index < -0.39 is 0 Å². The van der Waals surface area contributed by atoms with Crippen LogP contribution in [-0.4, -0.2) is 39.6 Å². The highest BCUT2D eigenvalue weighted by Crippen LogP contribution is 2.48. The van der Waals surface area contributed by atoms with Crippen LogP contribution >= 0.6 is 0 Å². The van der Waals surface area contributed by atoms with Gasteiger partial charge in [0.05, 0.1) is 13.1 Å². The van der Waals surface area contributed by atoms with Crippen LogP contribution in [-0.2, 0) is 18.4 Å². The first kappa shape index (κ1) is 18.7. The summed E-state index contributed by atoms with van der Waals surface area (Å²) in [5.41, 5.74) is 1.24. The molecule has 1 aromatic heterocycles. The van der Waals surface area contributed by atoms with Crippen molar-refractivity contribution in [3.63, 3.8) is 0 Å². The molecule has 0 N–H and O–H groups in total. The van der Waals surface area contributed by atoms with E-state index in [1.54, 1.807) is 6.20 Å². The molecular formula is C24H25N3O3. The van der Waals surface area contributed by atoms with Crippen molar-refractivity contribution < 1.29 is 14.3 Å². The quantitative estimate of drug-likeness (QED) is 0.633. The number of benzene rings is 2. The van der Waals surface area contributed by atoms with E-state index in [4.69, 9.17) is 9.47 Å². The maximum absolute atomic E-state index is 13.4. The van der Waals surface area contributed by atoms with Gasteiger partial charge in [-0.2, -0.15) is 0 Å². The first-order valence-electron chi connectivity index (χ1n) is 10.4. The zero-order valence-electron chi connectivity index (χ0n) is 17.0. The van der Waals surface area contributed by atoms with E-state index >= 15 is 0 Å². The minimum absolute atomic E-state index is 0.0180. The van der Waals surface area contributed by atoms with E-state index in [1.165, 1.54) is 5.56 Å². The number of ether oxygens (including phenoxy) is 2. The third-order valence-corrected chi connectivity index (χ3v) is 5.89. The molecule has 0 radical (unpaired) electrons. The van der Waals surface area contributed by atoms with E-state index in [2.05, 4.69) is 17.1 Å². The average molecular weight is 403 g/mol. The molecule has 154 valence electrons. The first-order chi connectivity index (χ1) is 14.7. The number of hydrogen-bond acceptors (Lipinski definition) is 4. The predicted molar refractivity (Wildman–Crippen MR) is 112 cm³/mol. The summed E-state index contributed by atoms with van der Waals surface area (Å²) in [7, 11) is 1.95. The van der Waals surface area contributed by atoms with Crippen molar-refractivity contribution in [1.82, 2.24) is 14.5 Å². The van der Waals surface area contributed by atoms with Gasteiger partial charge in [0.1, 0.15) is 12.4 Å². The summed E-state index contributed by atoms with van der Waals surface area (Å²) in [6.07, 6.45) is 4.35. The fraction of sp³-hybridized carbons (Fsp3) is 0.333. The molecule has 30 heavy (non-hydrogen) atoms. The van der Waals surface area contributed by atoms with E-state index in [9.17, 15) is 4.79 Å². The second-order valence-corrected chi connectivity index (χ2v) is 8.03. The maximum atomic E-state index is 13.4. The third kappa shape index (κ3) is 3.77. The number of carbonyl (C=O) groups is 1. The molecule has 1 aliphatic carbocycles. The maximum Gasteiger partial charge on any atom is 0.226 e. The van der Waals surface area contributed by atoms with Gasteiger partial charge in [0, 0.05) is 25.4 Å². The molecule has 6 heteroatoms. The second-order valence-electron chi connectivity index (χ2n) is 8.03. The van der Waals surface area contributed by atoms with Crippen molar-refractivity contribution >= 4 is 5.91 Å². The molecule has 0 spiro atoms. The molecule has 2 aliphatic rings. The molecule has 3 aromatic rings. The third-order valence-electron chi connectivity index (χ3n) is 5.89. The Kier molecular flexibility index (Phi) is 4.91. The van der Waals surface area contributed by atoms with Crippen molar-refractivity contribution in [3.8, 4) is 11.5 Å². The van der Waals surface area contributed by atoms with Crippen LogP contribution in [0.4, 0.5) is 0 Å². The van der Waals surface area contributed by atoms with Gasteiger partial charge >= 0.3 is 0 Å². The van der Waals surface area contributed by atoms with Crippen molar-refractivity contribution in [1.29, 1.82) is 0 Å². The highest BCUT2D eigenvalue weighted by Gasteiger charge is 2.46. The summed E-state index contributed by atoms with van der Waals surface area (Å²) in [5, 5.41) is 0. The highest BCUT2D eigenvalue weighted by atomic mass is 16.6. The summed E-state index contributed by atoms with van der Waals surface area (Å²) < 4.78 is 13.9. The van der Waals surface area contributed by atoms with Gasteiger partial charge in [-0.3, -0.25) is 4.79 Å². The fourth-order valence-electron chi connectivity index (χ4n) is 4.12. The Balaban J connectivity index is 1.32. The van der Waals surface area contributed by atoms with Crippen molar-refractivity contribution in [2.45, 2.75) is 25.0 Å². The topological polar surface area (TPSA) is 56.6 Å². The Morgan fingerprint density at radius 3 is 2.67 bits per heavy atom. The fourth-order valence-corrected chi connectivity index (χ4v) is 4.12. The standard InChI is InChI=1S/C24H25N3O3/c1-26-12-11-25-23(26)15-27(14-18-16-29-21-9-5-6-10-22(21)30-18)24(28)20-13-19(20)17-7-3-2-4-8-17/h2-12,18-20H,13-16H2,1H3/t18-,19+,20-/m1/s1. The number of nitrogens with zero attached hydrogens (tertiary/aromatic N) is 3. The molecule has 0 unspecified atom stereocenters. The van der Waals surface area contributed by atoms with Gasteiger partial charge < -0.3 is 18.9 Å². The van der Waals surface area contributed by atoms with Crippen LogP contribution in [0.1, 0.15) is 23.7 Å². The zero-order valence-corrected chi connectivity index (χ0v) is 17.0. The van der Waals surface area contributed by atoms with Gasteiger partial charge in [0.25, 0.3) is 0 Å². The van der Waals surface area contributed by atoms with E-state index in [-0.39, 0.29) is 17.9 Å². The summed E-state index contributed by atoms with van der Waals surface area (Å²) in [6, 6.07) is 17.9. The lowest BCUT2D eigenvalue weighted by Crippen LogP contribution is -2.44. The minimum atomic E-state index is -0.210. The van der Waals surface area contributed by atoms with Crippen LogP contribution < -0.4 is 9.47 Å². The van der Waals surface area contributed by atoms with Gasteiger partial charge in [-0.05, 0) is 30.0 Å². The normalized spacial score (nSPS) is 21.8. The molecule has 1 saturated carbocycles. The number of fused-ring (bicyclic) bond motifs is 1. The molecule has 5 rings (SSSR count). The number of para-hydroxylation sites is 2. The Hall–Kier alpha value is -3.28. The number of imidazole rings is 1. The number of carbonyl (C=O) groups excluding carboxylic acids is 1. The van der Waals surface area contributed by atoms with Crippen LogP contribution in [0.15, 0.2) is 67.0 Å². The predicted octanol–water partition coefficient (Wildman–Crippen LogP) is 3.39. The SMILES string of the molecule is Cn1ccnc1CN(C[C@@H]1COc2ccccc2O1)C(=O)[C@@H]1C[C@H]1c1ccccc1. The lowest BCUT2D eigenvalue weighted by atomic mass is 10.1. The molecule has 2 heterocycles. The van der Waals surface area contributed by atoms with Gasteiger partial charge in [-0.15, -0.1) is 0 Å². The largest absolute Gasteiger partial charge is 0.486 e. The van der Waals surface area contributed by atoms with Gasteiger partial charge in [-0.25, -0.2) is 4.98 Å². The molecule has 0 saturated heterocycles.